The second kappa shape index (κ2) is 18.6. The van der Waals surface area contributed by atoms with Crippen LogP contribution in [0.3, 0.4) is 0 Å². The van der Waals surface area contributed by atoms with Crippen molar-refractivity contribution in [3.05, 3.63) is 229 Å². The fourth-order valence-electron chi connectivity index (χ4n) is 10.9. The molecule has 10 aromatic carbocycles. The topological polar surface area (TPSA) is 19.6 Å². The molecule has 0 aliphatic heterocycles. The van der Waals surface area contributed by atoms with Crippen LogP contribution in [0.5, 0.6) is 0 Å². The minimum atomic E-state index is -0.130. The van der Waals surface area contributed by atoms with Gasteiger partial charge in [0.05, 0.1) is 11.4 Å². The molecule has 11 aromatic rings. The maximum absolute atomic E-state index is 6.95. The molecule has 0 N–H and O–H groups in total. The number of furan rings is 1. The molecular weight excluding hydrogens is 885 g/mol. The first kappa shape index (κ1) is 47.4. The van der Waals surface area contributed by atoms with Crippen LogP contribution in [0, 0.1) is 0 Å². The van der Waals surface area contributed by atoms with Crippen LogP contribution in [0.25, 0.3) is 65.7 Å². The van der Waals surface area contributed by atoms with Crippen molar-refractivity contribution >= 4 is 77.6 Å². The van der Waals surface area contributed by atoms with Crippen LogP contribution in [0.4, 0.5) is 34.1 Å². The van der Waals surface area contributed by atoms with E-state index >= 15 is 0 Å². The quantitative estimate of drug-likeness (QED) is 0.136. The third-order valence-electron chi connectivity index (χ3n) is 14.8. The number of benzene rings is 10. The zero-order valence-corrected chi connectivity index (χ0v) is 44.1. The van der Waals surface area contributed by atoms with Gasteiger partial charge in [-0.1, -0.05) is 203 Å². The van der Waals surface area contributed by atoms with Crippen LogP contribution in [-0.4, -0.2) is 0 Å². The number of rotatable bonds is 10. The normalized spacial score (nSPS) is 12.2. The Balaban J connectivity index is 1.08. The van der Waals surface area contributed by atoms with E-state index in [1.165, 1.54) is 66.7 Å². The zero-order valence-electron chi connectivity index (χ0n) is 44.1. The molecule has 0 atom stereocenters. The second-order valence-corrected chi connectivity index (χ2v) is 22.7. The minimum Gasteiger partial charge on any atom is -0.456 e. The van der Waals surface area contributed by atoms with Crippen molar-refractivity contribution in [3.63, 3.8) is 0 Å². The molecule has 1 heterocycles. The highest BCUT2D eigenvalue weighted by Gasteiger charge is 2.29. The molecule has 0 saturated heterocycles. The molecule has 0 fully saturated rings. The molecule has 11 rings (SSSR count). The summed E-state index contributed by atoms with van der Waals surface area (Å²) in [5.74, 6) is 0.765. The summed E-state index contributed by atoms with van der Waals surface area (Å²) in [4.78, 5) is 4.99. The third-order valence-corrected chi connectivity index (χ3v) is 14.8. The summed E-state index contributed by atoms with van der Waals surface area (Å²) in [6, 6.07) is 76.5. The Hall–Kier alpha value is -7.88. The zero-order chi connectivity index (χ0) is 50.8. The first-order valence-electron chi connectivity index (χ1n) is 26.1. The summed E-state index contributed by atoms with van der Waals surface area (Å²) in [5, 5.41) is 6.83. The van der Waals surface area contributed by atoms with Gasteiger partial charge in [-0.3, -0.25) is 0 Å². The average molecular weight is 951 g/mol. The highest BCUT2D eigenvalue weighted by molar-refractivity contribution is 6.14. The van der Waals surface area contributed by atoms with Crippen molar-refractivity contribution in [2.45, 2.75) is 91.9 Å². The van der Waals surface area contributed by atoms with Gasteiger partial charge in [0.1, 0.15) is 11.2 Å². The van der Waals surface area contributed by atoms with E-state index in [-0.39, 0.29) is 10.8 Å². The molecule has 1 aromatic heterocycles. The Labute approximate surface area is 432 Å². The maximum Gasteiger partial charge on any atom is 0.136 e. The fraction of sp³-hybridized carbons (Fsp3) is 0.200. The van der Waals surface area contributed by atoms with E-state index in [0.717, 1.165) is 55.5 Å². The molecule has 3 nitrogen and oxygen atoms in total. The molecule has 0 saturated carbocycles. The van der Waals surface area contributed by atoms with E-state index < -0.39 is 0 Å². The minimum absolute atomic E-state index is 0.130. The summed E-state index contributed by atoms with van der Waals surface area (Å²) in [6.07, 6.45) is 0. The molecule has 73 heavy (non-hydrogen) atoms. The van der Waals surface area contributed by atoms with E-state index in [9.17, 15) is 0 Å². The molecule has 0 bridgehead atoms. The third kappa shape index (κ3) is 8.97. The fourth-order valence-corrected chi connectivity index (χ4v) is 10.9. The number of anilines is 6. The first-order chi connectivity index (χ1) is 35.1. The van der Waals surface area contributed by atoms with Crippen molar-refractivity contribution in [2.24, 2.45) is 0 Å². The van der Waals surface area contributed by atoms with Gasteiger partial charge in [0.25, 0.3) is 0 Å². The molecule has 0 amide bonds. The second-order valence-electron chi connectivity index (χ2n) is 22.7. The van der Waals surface area contributed by atoms with Crippen molar-refractivity contribution in [3.8, 4) is 22.3 Å². The van der Waals surface area contributed by atoms with Crippen molar-refractivity contribution in [1.82, 2.24) is 0 Å². The number of hydrogen-bond acceptors (Lipinski definition) is 3. The van der Waals surface area contributed by atoms with Crippen LogP contribution in [0.15, 0.2) is 211 Å². The smallest absolute Gasteiger partial charge is 0.136 e. The van der Waals surface area contributed by atoms with Gasteiger partial charge < -0.3 is 14.2 Å². The Bertz CT molecular complexity index is 3580. The summed E-state index contributed by atoms with van der Waals surface area (Å²) in [5.41, 5.74) is 18.3. The van der Waals surface area contributed by atoms with Gasteiger partial charge >= 0.3 is 0 Å². The summed E-state index contributed by atoms with van der Waals surface area (Å²) in [6.45, 7) is 23.0. The van der Waals surface area contributed by atoms with Crippen LogP contribution < -0.4 is 9.80 Å². The van der Waals surface area contributed by atoms with E-state index in [0.29, 0.717) is 11.8 Å². The average Bonchev–Trinajstić information content (AvgIpc) is 3.73. The van der Waals surface area contributed by atoms with Gasteiger partial charge in [0, 0.05) is 44.6 Å². The maximum atomic E-state index is 6.95. The standard InChI is InChI=1S/C70H66N2O/c1-45(2)49-25-17-27-55(37-49)71(67-59(47-21-13-11-14-22-47)29-19-31-63(67)69(5,6)7)57-35-33-51-41-61-62-42-52-34-36-58(40-54(52)44-66(62)73-65(61)43-53(51)39-57)72(56-28-18-26-50(38-56)46(3)4)68-60(48-23-15-12-16-24-48)30-20-32-64(68)70(8,9)10/h11-46H,1-10H3. The predicted octanol–water partition coefficient (Wildman–Crippen LogP) is 21.0. The summed E-state index contributed by atoms with van der Waals surface area (Å²) in [7, 11) is 0. The summed E-state index contributed by atoms with van der Waals surface area (Å²) < 4.78 is 6.95. The van der Waals surface area contributed by atoms with E-state index in [2.05, 4.69) is 285 Å². The largest absolute Gasteiger partial charge is 0.456 e. The predicted molar refractivity (Wildman–Crippen MR) is 315 cm³/mol. The van der Waals surface area contributed by atoms with Crippen LogP contribution in [0.1, 0.15) is 103 Å². The highest BCUT2D eigenvalue weighted by Crippen LogP contribution is 2.50. The lowest BCUT2D eigenvalue weighted by Gasteiger charge is -2.34. The lowest BCUT2D eigenvalue weighted by Crippen LogP contribution is -2.20. The van der Waals surface area contributed by atoms with Crippen molar-refractivity contribution in [2.75, 3.05) is 9.80 Å². The molecule has 0 spiro atoms. The monoisotopic (exact) mass is 951 g/mol. The molecular formula is C70H66N2O. The Morgan fingerprint density at radius 3 is 1.11 bits per heavy atom. The van der Waals surface area contributed by atoms with Crippen molar-refractivity contribution < 1.29 is 4.42 Å². The summed E-state index contributed by atoms with van der Waals surface area (Å²) >= 11 is 0. The highest BCUT2D eigenvalue weighted by atomic mass is 16.3. The molecule has 3 heteroatoms. The van der Waals surface area contributed by atoms with E-state index in [4.69, 9.17) is 4.42 Å². The van der Waals surface area contributed by atoms with Crippen LogP contribution in [0.2, 0.25) is 0 Å². The first-order valence-corrected chi connectivity index (χ1v) is 26.1. The number of nitrogens with zero attached hydrogens (tertiary/aromatic N) is 2. The molecule has 0 radical (unpaired) electrons. The van der Waals surface area contributed by atoms with Crippen LogP contribution >= 0.6 is 0 Å². The SMILES string of the molecule is CC(C)c1cccc(N(c2ccc3cc4c(cc3c2)oc2cc3cc(N(c5cccc(C(C)C)c5)c5c(-c6ccccc6)cccc5C(C)(C)C)ccc3cc24)c2c(-c3ccccc3)cccc2C(C)(C)C)c1. The van der Waals surface area contributed by atoms with Gasteiger partial charge in [-0.2, -0.15) is 0 Å². The molecule has 0 unspecified atom stereocenters. The lowest BCUT2D eigenvalue weighted by molar-refractivity contribution is 0.591. The van der Waals surface area contributed by atoms with Crippen LogP contribution in [-0.2, 0) is 10.8 Å². The van der Waals surface area contributed by atoms with Crippen molar-refractivity contribution in [1.29, 1.82) is 0 Å². The lowest BCUT2D eigenvalue weighted by atomic mass is 9.82. The Morgan fingerprint density at radius 1 is 0.342 bits per heavy atom. The molecule has 0 aliphatic carbocycles. The van der Waals surface area contributed by atoms with E-state index in [1.807, 2.05) is 0 Å². The number of fused-ring (bicyclic) bond motifs is 5. The van der Waals surface area contributed by atoms with E-state index in [1.54, 1.807) is 0 Å². The van der Waals surface area contributed by atoms with Gasteiger partial charge in [-0.25, -0.2) is 0 Å². The number of para-hydroxylation sites is 2. The molecule has 0 aliphatic rings. The van der Waals surface area contributed by atoms with Gasteiger partial charge in [0.2, 0.25) is 0 Å². The Kier molecular flexibility index (Phi) is 12.1. The van der Waals surface area contributed by atoms with Gasteiger partial charge in [0.15, 0.2) is 0 Å². The van der Waals surface area contributed by atoms with Gasteiger partial charge in [-0.15, -0.1) is 0 Å². The molecule has 362 valence electrons. The number of hydrogen-bond donors (Lipinski definition) is 0. The van der Waals surface area contributed by atoms with Gasteiger partial charge in [-0.05, 0) is 150 Å². The Morgan fingerprint density at radius 2 is 0.726 bits per heavy atom.